The monoisotopic (exact) mass is 184 g/mol. The minimum Gasteiger partial charge on any atom is -0.0651 e. The van der Waals surface area contributed by atoms with E-state index in [2.05, 4.69) is 34.6 Å². The summed E-state index contributed by atoms with van der Waals surface area (Å²) >= 11 is 0. The Morgan fingerprint density at radius 3 is 1.85 bits per heavy atom. The molecule has 0 N–H and O–H groups in total. The highest BCUT2D eigenvalue weighted by Gasteiger charge is 2.09. The van der Waals surface area contributed by atoms with Gasteiger partial charge in [-0.1, -0.05) is 66.7 Å². The quantitative estimate of drug-likeness (QED) is 0.528. The van der Waals surface area contributed by atoms with Gasteiger partial charge in [0.25, 0.3) is 0 Å². The lowest BCUT2D eigenvalue weighted by Crippen LogP contribution is -2.07. The third kappa shape index (κ3) is 6.12. The average molecular weight is 184 g/mol. The standard InChI is InChI=1S/C13H28/c1-6-11(3)9-8-10-13(5)12(4)7-2/h11-13H,6-10H2,1-5H3. The van der Waals surface area contributed by atoms with Gasteiger partial charge in [0.1, 0.15) is 0 Å². The Hall–Kier alpha value is 0. The molecule has 3 unspecified atom stereocenters. The molecular formula is C13H28. The van der Waals surface area contributed by atoms with Gasteiger partial charge < -0.3 is 0 Å². The zero-order valence-corrected chi connectivity index (χ0v) is 10.3. The van der Waals surface area contributed by atoms with E-state index in [1.807, 2.05) is 0 Å². The van der Waals surface area contributed by atoms with Crippen molar-refractivity contribution in [1.82, 2.24) is 0 Å². The summed E-state index contributed by atoms with van der Waals surface area (Å²) in [5, 5.41) is 0. The molecule has 0 rings (SSSR count). The maximum Gasteiger partial charge on any atom is -0.0417 e. The van der Waals surface area contributed by atoms with Crippen LogP contribution in [0.1, 0.15) is 66.7 Å². The van der Waals surface area contributed by atoms with Crippen LogP contribution in [0.3, 0.4) is 0 Å². The molecule has 0 aliphatic rings. The van der Waals surface area contributed by atoms with Crippen LogP contribution in [0, 0.1) is 17.8 Å². The molecule has 0 saturated heterocycles. The Bertz CT molecular complexity index is 107. The van der Waals surface area contributed by atoms with E-state index in [4.69, 9.17) is 0 Å². The SMILES string of the molecule is CCC(C)CCCC(C)C(C)CC. The number of hydrogen-bond acceptors (Lipinski definition) is 0. The second kappa shape index (κ2) is 7.41. The van der Waals surface area contributed by atoms with Crippen molar-refractivity contribution in [3.63, 3.8) is 0 Å². The van der Waals surface area contributed by atoms with Crippen LogP contribution in [0.15, 0.2) is 0 Å². The first-order chi connectivity index (χ1) is 6.11. The average Bonchev–Trinajstić information content (AvgIpc) is 2.15. The van der Waals surface area contributed by atoms with E-state index in [-0.39, 0.29) is 0 Å². The van der Waals surface area contributed by atoms with Crippen LogP contribution in [-0.2, 0) is 0 Å². The van der Waals surface area contributed by atoms with Gasteiger partial charge in [0, 0.05) is 0 Å². The first-order valence-electron chi connectivity index (χ1n) is 6.11. The van der Waals surface area contributed by atoms with Crippen LogP contribution >= 0.6 is 0 Å². The van der Waals surface area contributed by atoms with Crippen molar-refractivity contribution in [3.8, 4) is 0 Å². The molecule has 0 heteroatoms. The Kier molecular flexibility index (Phi) is 7.41. The summed E-state index contributed by atoms with van der Waals surface area (Å²) < 4.78 is 0. The summed E-state index contributed by atoms with van der Waals surface area (Å²) in [6.07, 6.45) is 6.97. The third-order valence-corrected chi connectivity index (χ3v) is 3.67. The van der Waals surface area contributed by atoms with Crippen molar-refractivity contribution in [3.05, 3.63) is 0 Å². The fraction of sp³-hybridized carbons (Fsp3) is 1.00. The molecule has 0 nitrogen and oxygen atoms in total. The van der Waals surface area contributed by atoms with E-state index in [1.165, 1.54) is 32.1 Å². The molecule has 0 amide bonds. The lowest BCUT2D eigenvalue weighted by atomic mass is 9.88. The van der Waals surface area contributed by atoms with Crippen molar-refractivity contribution in [2.24, 2.45) is 17.8 Å². The van der Waals surface area contributed by atoms with Gasteiger partial charge in [-0.05, 0) is 17.8 Å². The van der Waals surface area contributed by atoms with E-state index in [0.717, 1.165) is 17.8 Å². The minimum atomic E-state index is 0.914. The van der Waals surface area contributed by atoms with Crippen molar-refractivity contribution < 1.29 is 0 Å². The van der Waals surface area contributed by atoms with Gasteiger partial charge in [0.15, 0.2) is 0 Å². The van der Waals surface area contributed by atoms with E-state index in [9.17, 15) is 0 Å². The molecule has 0 heterocycles. The molecule has 0 aromatic heterocycles. The summed E-state index contributed by atoms with van der Waals surface area (Å²) in [7, 11) is 0. The predicted molar refractivity (Wildman–Crippen MR) is 61.9 cm³/mol. The van der Waals surface area contributed by atoms with Gasteiger partial charge in [-0.3, -0.25) is 0 Å². The van der Waals surface area contributed by atoms with Crippen LogP contribution in [-0.4, -0.2) is 0 Å². The topological polar surface area (TPSA) is 0 Å². The van der Waals surface area contributed by atoms with E-state index >= 15 is 0 Å². The molecule has 0 radical (unpaired) electrons. The number of hydrogen-bond donors (Lipinski definition) is 0. The molecule has 0 aliphatic carbocycles. The summed E-state index contributed by atoms with van der Waals surface area (Å²) in [6, 6.07) is 0. The van der Waals surface area contributed by atoms with E-state index in [0.29, 0.717) is 0 Å². The van der Waals surface area contributed by atoms with E-state index in [1.54, 1.807) is 0 Å². The zero-order valence-electron chi connectivity index (χ0n) is 10.3. The minimum absolute atomic E-state index is 0.914. The molecule has 13 heavy (non-hydrogen) atoms. The van der Waals surface area contributed by atoms with Crippen molar-refractivity contribution in [1.29, 1.82) is 0 Å². The van der Waals surface area contributed by atoms with Gasteiger partial charge in [0.05, 0.1) is 0 Å². The normalized spacial score (nSPS) is 18.2. The highest BCUT2D eigenvalue weighted by Crippen LogP contribution is 2.22. The van der Waals surface area contributed by atoms with Gasteiger partial charge in [0.2, 0.25) is 0 Å². The van der Waals surface area contributed by atoms with Crippen LogP contribution < -0.4 is 0 Å². The largest absolute Gasteiger partial charge is 0.0651 e. The van der Waals surface area contributed by atoms with Crippen molar-refractivity contribution in [2.45, 2.75) is 66.7 Å². The molecule has 0 spiro atoms. The zero-order chi connectivity index (χ0) is 10.3. The van der Waals surface area contributed by atoms with Gasteiger partial charge >= 0.3 is 0 Å². The molecular weight excluding hydrogens is 156 g/mol. The molecule has 0 aromatic rings. The van der Waals surface area contributed by atoms with Gasteiger partial charge in [-0.25, -0.2) is 0 Å². The Balaban J connectivity index is 3.41. The molecule has 0 fully saturated rings. The van der Waals surface area contributed by atoms with Gasteiger partial charge in [-0.2, -0.15) is 0 Å². The Morgan fingerprint density at radius 1 is 0.769 bits per heavy atom. The summed E-state index contributed by atoms with van der Waals surface area (Å²) in [5.74, 6) is 2.77. The molecule has 0 aliphatic heterocycles. The lowest BCUT2D eigenvalue weighted by molar-refractivity contribution is 0.332. The van der Waals surface area contributed by atoms with Crippen LogP contribution in [0.5, 0.6) is 0 Å². The smallest absolute Gasteiger partial charge is 0.0417 e. The molecule has 0 aromatic carbocycles. The molecule has 80 valence electrons. The number of rotatable bonds is 7. The van der Waals surface area contributed by atoms with Crippen LogP contribution in [0.4, 0.5) is 0 Å². The lowest BCUT2D eigenvalue weighted by Gasteiger charge is -2.18. The van der Waals surface area contributed by atoms with Crippen molar-refractivity contribution >= 4 is 0 Å². The fourth-order valence-corrected chi connectivity index (χ4v) is 1.68. The molecule has 0 bridgehead atoms. The highest BCUT2D eigenvalue weighted by atomic mass is 14.2. The first-order valence-corrected chi connectivity index (χ1v) is 6.11. The summed E-state index contributed by atoms with van der Waals surface area (Å²) in [4.78, 5) is 0. The maximum atomic E-state index is 2.41. The summed E-state index contributed by atoms with van der Waals surface area (Å²) in [5.41, 5.74) is 0. The summed E-state index contributed by atoms with van der Waals surface area (Å²) in [6.45, 7) is 11.8. The highest BCUT2D eigenvalue weighted by molar-refractivity contribution is 4.61. The van der Waals surface area contributed by atoms with Crippen molar-refractivity contribution in [2.75, 3.05) is 0 Å². The predicted octanol–water partition coefficient (Wildman–Crippen LogP) is 4.89. The van der Waals surface area contributed by atoms with E-state index < -0.39 is 0 Å². The molecule has 0 saturated carbocycles. The third-order valence-electron chi connectivity index (χ3n) is 3.67. The van der Waals surface area contributed by atoms with Crippen LogP contribution in [0.2, 0.25) is 0 Å². The first kappa shape index (κ1) is 13.0. The fourth-order valence-electron chi connectivity index (χ4n) is 1.68. The van der Waals surface area contributed by atoms with Crippen LogP contribution in [0.25, 0.3) is 0 Å². The second-order valence-electron chi connectivity index (χ2n) is 4.81. The maximum absolute atomic E-state index is 2.41. The molecule has 3 atom stereocenters. The van der Waals surface area contributed by atoms with Gasteiger partial charge in [-0.15, -0.1) is 0 Å². The second-order valence-corrected chi connectivity index (χ2v) is 4.81. The Labute approximate surface area is 85.1 Å². The Morgan fingerprint density at radius 2 is 1.38 bits per heavy atom.